The molecule has 0 spiro atoms. The first-order valence-corrected chi connectivity index (χ1v) is 7.77. The summed E-state index contributed by atoms with van der Waals surface area (Å²) < 4.78 is 0. The molecule has 0 saturated carbocycles. The van der Waals surface area contributed by atoms with E-state index in [1.807, 2.05) is 0 Å². The Labute approximate surface area is 121 Å². The van der Waals surface area contributed by atoms with Gasteiger partial charge in [0.25, 0.3) is 5.91 Å². The van der Waals surface area contributed by atoms with Crippen LogP contribution in [0, 0.1) is 0 Å². The van der Waals surface area contributed by atoms with Crippen LogP contribution in [0.2, 0.25) is 0 Å². The minimum absolute atomic E-state index is 0.0193. The van der Waals surface area contributed by atoms with Crippen LogP contribution >= 0.6 is 0 Å². The number of piperidine rings is 1. The van der Waals surface area contributed by atoms with Gasteiger partial charge in [0, 0.05) is 18.9 Å². The summed E-state index contributed by atoms with van der Waals surface area (Å²) in [7, 11) is 0. The first-order valence-electron chi connectivity index (χ1n) is 7.77. The molecule has 0 unspecified atom stereocenters. The number of likely N-dealkylation sites (tertiary alicyclic amines) is 1. The third-order valence-corrected chi connectivity index (χ3v) is 3.81. The highest BCUT2D eigenvalue weighted by Gasteiger charge is 2.09. The van der Waals surface area contributed by atoms with Gasteiger partial charge in [-0.05, 0) is 57.5 Å². The predicted molar refractivity (Wildman–Crippen MR) is 80.7 cm³/mol. The van der Waals surface area contributed by atoms with Crippen molar-refractivity contribution in [2.24, 2.45) is 0 Å². The van der Waals surface area contributed by atoms with Crippen LogP contribution in [-0.2, 0) is 0 Å². The summed E-state index contributed by atoms with van der Waals surface area (Å²) in [6.07, 6.45) is 10.9. The smallest absolute Gasteiger partial charge is 0.252 e. The number of carbonyl (C=O) groups is 1. The van der Waals surface area contributed by atoms with Crippen LogP contribution < -0.4 is 5.32 Å². The Morgan fingerprint density at radius 1 is 1.20 bits per heavy atom. The zero-order valence-electron chi connectivity index (χ0n) is 12.2. The number of hydrogen-bond donors (Lipinski definition) is 1. The predicted octanol–water partition coefficient (Wildman–Crippen LogP) is 2.47. The van der Waals surface area contributed by atoms with Crippen molar-refractivity contribution in [1.82, 2.24) is 15.2 Å². The van der Waals surface area contributed by atoms with Gasteiger partial charge in [-0.3, -0.25) is 9.78 Å². The highest BCUT2D eigenvalue weighted by molar-refractivity contribution is 5.93. The Kier molecular flexibility index (Phi) is 6.51. The zero-order chi connectivity index (χ0) is 14.0. The SMILES string of the molecule is O=C(NCCCCCN1CCCCC1)c1cccnc1. The molecule has 1 aliphatic heterocycles. The Morgan fingerprint density at radius 2 is 2.05 bits per heavy atom. The van der Waals surface area contributed by atoms with Crippen LogP contribution in [0.25, 0.3) is 0 Å². The number of carbonyl (C=O) groups excluding carboxylic acids is 1. The van der Waals surface area contributed by atoms with Gasteiger partial charge in [0.15, 0.2) is 0 Å². The number of pyridine rings is 1. The summed E-state index contributed by atoms with van der Waals surface area (Å²) in [4.78, 5) is 18.3. The molecular weight excluding hydrogens is 250 g/mol. The lowest BCUT2D eigenvalue weighted by Crippen LogP contribution is -2.30. The van der Waals surface area contributed by atoms with Gasteiger partial charge in [-0.25, -0.2) is 0 Å². The van der Waals surface area contributed by atoms with E-state index >= 15 is 0 Å². The van der Waals surface area contributed by atoms with E-state index in [-0.39, 0.29) is 5.91 Å². The zero-order valence-corrected chi connectivity index (χ0v) is 12.2. The molecule has 1 fully saturated rings. The molecule has 0 aromatic carbocycles. The maximum absolute atomic E-state index is 11.8. The maximum Gasteiger partial charge on any atom is 0.252 e. The Hall–Kier alpha value is -1.42. The summed E-state index contributed by atoms with van der Waals surface area (Å²) in [5, 5.41) is 2.94. The molecular formula is C16H25N3O. The molecule has 4 nitrogen and oxygen atoms in total. The van der Waals surface area contributed by atoms with Crippen molar-refractivity contribution < 1.29 is 4.79 Å². The number of nitrogens with one attached hydrogen (secondary N) is 1. The van der Waals surface area contributed by atoms with Gasteiger partial charge in [-0.2, -0.15) is 0 Å². The van der Waals surface area contributed by atoms with Crippen molar-refractivity contribution in [3.05, 3.63) is 30.1 Å². The minimum Gasteiger partial charge on any atom is -0.352 e. The first kappa shape index (κ1) is 15.0. The van der Waals surface area contributed by atoms with Crippen molar-refractivity contribution in [1.29, 1.82) is 0 Å². The maximum atomic E-state index is 11.8. The van der Waals surface area contributed by atoms with E-state index in [9.17, 15) is 4.79 Å². The second-order valence-corrected chi connectivity index (χ2v) is 5.46. The van der Waals surface area contributed by atoms with Gasteiger partial charge in [-0.15, -0.1) is 0 Å². The number of aromatic nitrogens is 1. The van der Waals surface area contributed by atoms with E-state index in [2.05, 4.69) is 15.2 Å². The summed E-state index contributed by atoms with van der Waals surface area (Å²) in [5.74, 6) is -0.0193. The summed E-state index contributed by atoms with van der Waals surface area (Å²) in [6.45, 7) is 4.53. The lowest BCUT2D eigenvalue weighted by atomic mass is 10.1. The molecule has 1 aromatic heterocycles. The van der Waals surface area contributed by atoms with Crippen molar-refractivity contribution in [3.8, 4) is 0 Å². The number of hydrogen-bond acceptors (Lipinski definition) is 3. The Bertz CT molecular complexity index is 388. The monoisotopic (exact) mass is 275 g/mol. The highest BCUT2D eigenvalue weighted by Crippen LogP contribution is 2.09. The molecule has 0 bridgehead atoms. The fraction of sp³-hybridized carbons (Fsp3) is 0.625. The summed E-state index contributed by atoms with van der Waals surface area (Å²) in [6, 6.07) is 3.58. The third-order valence-electron chi connectivity index (χ3n) is 3.81. The molecule has 1 N–H and O–H groups in total. The lowest BCUT2D eigenvalue weighted by Gasteiger charge is -2.26. The van der Waals surface area contributed by atoms with E-state index in [1.54, 1.807) is 24.5 Å². The van der Waals surface area contributed by atoms with Crippen molar-refractivity contribution in [2.45, 2.75) is 38.5 Å². The van der Waals surface area contributed by atoms with Gasteiger partial charge in [0.05, 0.1) is 5.56 Å². The molecule has 0 aliphatic carbocycles. The molecule has 1 saturated heterocycles. The van der Waals surface area contributed by atoms with Crippen LogP contribution in [0.5, 0.6) is 0 Å². The number of amides is 1. The highest BCUT2D eigenvalue weighted by atomic mass is 16.1. The van der Waals surface area contributed by atoms with Gasteiger partial charge in [0.2, 0.25) is 0 Å². The van der Waals surface area contributed by atoms with E-state index in [0.717, 1.165) is 13.0 Å². The number of rotatable bonds is 7. The number of unbranched alkanes of at least 4 members (excludes halogenated alkanes) is 2. The molecule has 0 atom stereocenters. The lowest BCUT2D eigenvalue weighted by molar-refractivity contribution is 0.0952. The van der Waals surface area contributed by atoms with Gasteiger partial charge >= 0.3 is 0 Å². The van der Waals surface area contributed by atoms with E-state index in [0.29, 0.717) is 5.56 Å². The van der Waals surface area contributed by atoms with Gasteiger partial charge in [0.1, 0.15) is 0 Å². The quantitative estimate of drug-likeness (QED) is 0.778. The molecule has 1 aliphatic rings. The summed E-state index contributed by atoms with van der Waals surface area (Å²) >= 11 is 0. The van der Waals surface area contributed by atoms with E-state index in [4.69, 9.17) is 0 Å². The van der Waals surface area contributed by atoms with Crippen LogP contribution in [0.1, 0.15) is 48.9 Å². The van der Waals surface area contributed by atoms with Crippen molar-refractivity contribution >= 4 is 5.91 Å². The molecule has 0 radical (unpaired) electrons. The Morgan fingerprint density at radius 3 is 2.80 bits per heavy atom. The average molecular weight is 275 g/mol. The van der Waals surface area contributed by atoms with E-state index in [1.165, 1.54) is 51.7 Å². The van der Waals surface area contributed by atoms with Crippen LogP contribution in [0.4, 0.5) is 0 Å². The molecule has 1 amide bonds. The summed E-state index contributed by atoms with van der Waals surface area (Å²) in [5.41, 5.74) is 0.640. The van der Waals surface area contributed by atoms with Crippen LogP contribution in [0.15, 0.2) is 24.5 Å². The topological polar surface area (TPSA) is 45.2 Å². The van der Waals surface area contributed by atoms with Crippen LogP contribution in [0.3, 0.4) is 0 Å². The second kappa shape index (κ2) is 8.69. The van der Waals surface area contributed by atoms with Gasteiger partial charge in [-0.1, -0.05) is 12.8 Å². The van der Waals surface area contributed by atoms with Crippen LogP contribution in [-0.4, -0.2) is 42.0 Å². The number of nitrogens with zero attached hydrogens (tertiary/aromatic N) is 2. The molecule has 2 rings (SSSR count). The molecule has 1 aromatic rings. The Balaban J connectivity index is 1.50. The normalized spacial score (nSPS) is 16.0. The second-order valence-electron chi connectivity index (χ2n) is 5.46. The molecule has 20 heavy (non-hydrogen) atoms. The van der Waals surface area contributed by atoms with Gasteiger partial charge < -0.3 is 10.2 Å². The van der Waals surface area contributed by atoms with E-state index < -0.39 is 0 Å². The fourth-order valence-electron chi connectivity index (χ4n) is 2.62. The average Bonchev–Trinajstić information content (AvgIpc) is 2.52. The first-order chi connectivity index (χ1) is 9.86. The fourth-order valence-corrected chi connectivity index (χ4v) is 2.62. The third kappa shape index (κ3) is 5.29. The minimum atomic E-state index is -0.0193. The largest absolute Gasteiger partial charge is 0.352 e. The standard InChI is InChI=1S/C16H25N3O/c20-16(15-8-7-9-17-14-15)18-10-3-1-4-11-19-12-5-2-6-13-19/h7-9,14H,1-6,10-13H2,(H,18,20). The van der Waals surface area contributed by atoms with Crippen molar-refractivity contribution in [2.75, 3.05) is 26.2 Å². The molecule has 2 heterocycles. The van der Waals surface area contributed by atoms with Crippen molar-refractivity contribution in [3.63, 3.8) is 0 Å². The molecule has 4 heteroatoms. The molecule has 110 valence electrons.